The summed E-state index contributed by atoms with van der Waals surface area (Å²) in [7, 11) is 0. The number of nitrogens with zero attached hydrogens (tertiary/aromatic N) is 2. The molecule has 28 heavy (non-hydrogen) atoms. The smallest absolute Gasteiger partial charge is 0.252 e. The summed E-state index contributed by atoms with van der Waals surface area (Å²) in [5.74, 6) is 2.25. The van der Waals surface area contributed by atoms with Gasteiger partial charge in [0.2, 0.25) is 5.89 Å². The second-order valence-electron chi connectivity index (χ2n) is 7.18. The third kappa shape index (κ3) is 3.91. The molecular formula is C22H23N3O3. The van der Waals surface area contributed by atoms with E-state index in [4.69, 9.17) is 9.26 Å². The van der Waals surface area contributed by atoms with E-state index in [1.807, 2.05) is 42.5 Å². The lowest BCUT2D eigenvalue weighted by molar-refractivity contribution is 0.0855. The molecule has 1 heterocycles. The molecule has 0 bridgehead atoms. The van der Waals surface area contributed by atoms with Crippen LogP contribution >= 0.6 is 0 Å². The van der Waals surface area contributed by atoms with Crippen LogP contribution in [0.2, 0.25) is 0 Å². The lowest BCUT2D eigenvalue weighted by Gasteiger charge is -2.35. The minimum atomic E-state index is -0.580. The van der Waals surface area contributed by atoms with Gasteiger partial charge in [0.1, 0.15) is 17.0 Å². The Hall–Kier alpha value is -3.15. The molecule has 2 aromatic carbocycles. The Labute approximate surface area is 163 Å². The van der Waals surface area contributed by atoms with Crippen LogP contribution in [-0.2, 0) is 5.54 Å². The molecule has 144 valence electrons. The number of amides is 1. The highest BCUT2D eigenvalue weighted by Gasteiger charge is 2.39. The number of aryl methyl sites for hydroxylation is 1. The van der Waals surface area contributed by atoms with Crippen LogP contribution < -0.4 is 10.1 Å². The lowest BCUT2D eigenvalue weighted by Crippen LogP contribution is -2.48. The largest absolute Gasteiger partial charge is 0.457 e. The zero-order valence-electron chi connectivity index (χ0n) is 15.9. The zero-order valence-corrected chi connectivity index (χ0v) is 15.9. The number of aromatic nitrogens is 2. The standard InChI is InChI=1S/C22H23N3O3/c1-16-23-21(25-28-16)22(13-6-3-7-14-22)24-20(26)17-9-8-12-19(15-17)27-18-10-4-2-5-11-18/h2,4-5,8-12,15H,3,6-7,13-14H2,1H3,(H,24,26). The Balaban J connectivity index is 1.55. The maximum atomic E-state index is 13.1. The number of para-hydroxylation sites is 1. The predicted molar refractivity (Wildman–Crippen MR) is 104 cm³/mol. The molecule has 1 aromatic heterocycles. The van der Waals surface area contributed by atoms with Gasteiger partial charge in [-0.15, -0.1) is 0 Å². The number of nitrogens with one attached hydrogen (secondary N) is 1. The molecule has 1 amide bonds. The Morgan fingerprint density at radius 3 is 2.50 bits per heavy atom. The molecule has 3 aromatic rings. The average Bonchev–Trinajstić information content (AvgIpc) is 3.17. The molecular weight excluding hydrogens is 354 g/mol. The molecule has 1 aliphatic carbocycles. The quantitative estimate of drug-likeness (QED) is 0.694. The van der Waals surface area contributed by atoms with Gasteiger partial charge in [-0.05, 0) is 43.2 Å². The van der Waals surface area contributed by atoms with Crippen LogP contribution in [0.4, 0.5) is 0 Å². The van der Waals surface area contributed by atoms with Crippen LogP contribution in [-0.4, -0.2) is 16.0 Å². The molecule has 0 spiro atoms. The summed E-state index contributed by atoms with van der Waals surface area (Å²) >= 11 is 0. The second-order valence-corrected chi connectivity index (χ2v) is 7.18. The minimum absolute atomic E-state index is 0.164. The number of carbonyl (C=O) groups excluding carboxylic acids is 1. The fourth-order valence-electron chi connectivity index (χ4n) is 3.67. The highest BCUT2D eigenvalue weighted by atomic mass is 16.5. The third-order valence-electron chi connectivity index (χ3n) is 5.09. The first kappa shape index (κ1) is 18.2. The summed E-state index contributed by atoms with van der Waals surface area (Å²) < 4.78 is 11.0. The van der Waals surface area contributed by atoms with Gasteiger partial charge in [0.15, 0.2) is 5.82 Å². The first-order valence-corrected chi connectivity index (χ1v) is 9.61. The Morgan fingerprint density at radius 1 is 1.04 bits per heavy atom. The zero-order chi connectivity index (χ0) is 19.4. The number of hydrogen-bond donors (Lipinski definition) is 1. The molecule has 1 N–H and O–H groups in total. The molecule has 1 aliphatic rings. The van der Waals surface area contributed by atoms with Crippen molar-refractivity contribution in [2.24, 2.45) is 0 Å². The molecule has 0 aliphatic heterocycles. The van der Waals surface area contributed by atoms with Crippen molar-refractivity contribution >= 4 is 5.91 Å². The van der Waals surface area contributed by atoms with Gasteiger partial charge >= 0.3 is 0 Å². The molecule has 0 atom stereocenters. The highest BCUT2D eigenvalue weighted by Crippen LogP contribution is 2.36. The summed E-state index contributed by atoms with van der Waals surface area (Å²) in [5, 5.41) is 7.30. The molecule has 6 heteroatoms. The Morgan fingerprint density at radius 2 is 1.79 bits per heavy atom. The van der Waals surface area contributed by atoms with E-state index >= 15 is 0 Å². The fraction of sp³-hybridized carbons (Fsp3) is 0.318. The first-order valence-electron chi connectivity index (χ1n) is 9.61. The van der Waals surface area contributed by atoms with Crippen molar-refractivity contribution in [2.75, 3.05) is 0 Å². The van der Waals surface area contributed by atoms with Crippen LogP contribution in [0.5, 0.6) is 11.5 Å². The van der Waals surface area contributed by atoms with Crippen molar-refractivity contribution in [1.82, 2.24) is 15.5 Å². The van der Waals surface area contributed by atoms with Gasteiger partial charge in [-0.3, -0.25) is 4.79 Å². The van der Waals surface area contributed by atoms with Crippen molar-refractivity contribution in [3.8, 4) is 11.5 Å². The van der Waals surface area contributed by atoms with Gasteiger partial charge in [-0.25, -0.2) is 0 Å². The topological polar surface area (TPSA) is 77.2 Å². The van der Waals surface area contributed by atoms with Crippen LogP contribution in [0.15, 0.2) is 59.1 Å². The summed E-state index contributed by atoms with van der Waals surface area (Å²) in [6.45, 7) is 1.76. The molecule has 0 saturated heterocycles. The number of carbonyl (C=O) groups is 1. The molecule has 0 radical (unpaired) electrons. The molecule has 1 fully saturated rings. The minimum Gasteiger partial charge on any atom is -0.457 e. The Kier molecular flexibility index (Phi) is 5.10. The lowest BCUT2D eigenvalue weighted by atomic mass is 9.80. The number of ether oxygens (including phenoxy) is 1. The molecule has 1 saturated carbocycles. The van der Waals surface area contributed by atoms with E-state index in [9.17, 15) is 4.79 Å². The van der Waals surface area contributed by atoms with Crippen molar-refractivity contribution in [3.05, 3.63) is 71.9 Å². The predicted octanol–water partition coefficient (Wildman–Crippen LogP) is 4.76. The van der Waals surface area contributed by atoms with E-state index < -0.39 is 5.54 Å². The van der Waals surface area contributed by atoms with Crippen molar-refractivity contribution < 1.29 is 14.1 Å². The van der Waals surface area contributed by atoms with Crippen molar-refractivity contribution in [2.45, 2.75) is 44.6 Å². The van der Waals surface area contributed by atoms with E-state index in [-0.39, 0.29) is 5.91 Å². The van der Waals surface area contributed by atoms with Gasteiger partial charge in [0.05, 0.1) is 0 Å². The second kappa shape index (κ2) is 7.84. The van der Waals surface area contributed by atoms with E-state index in [2.05, 4.69) is 15.5 Å². The van der Waals surface area contributed by atoms with E-state index in [0.29, 0.717) is 23.0 Å². The van der Waals surface area contributed by atoms with Gasteiger partial charge < -0.3 is 14.6 Å². The summed E-state index contributed by atoms with van der Waals surface area (Å²) in [4.78, 5) is 17.5. The maximum Gasteiger partial charge on any atom is 0.252 e. The van der Waals surface area contributed by atoms with E-state index in [1.54, 1.807) is 19.1 Å². The van der Waals surface area contributed by atoms with Crippen LogP contribution in [0.25, 0.3) is 0 Å². The van der Waals surface area contributed by atoms with Crippen LogP contribution in [0, 0.1) is 6.92 Å². The summed E-state index contributed by atoms with van der Waals surface area (Å²) in [6, 6.07) is 16.7. The molecule has 6 nitrogen and oxygen atoms in total. The Bertz CT molecular complexity index is 946. The molecule has 0 unspecified atom stereocenters. The fourth-order valence-corrected chi connectivity index (χ4v) is 3.67. The molecule has 4 rings (SSSR count). The summed E-state index contributed by atoms with van der Waals surface area (Å²) in [6.07, 6.45) is 4.79. The van der Waals surface area contributed by atoms with E-state index in [0.717, 1.165) is 37.9 Å². The highest BCUT2D eigenvalue weighted by molar-refractivity contribution is 5.95. The third-order valence-corrected chi connectivity index (χ3v) is 5.09. The average molecular weight is 377 g/mol. The number of rotatable bonds is 5. The SMILES string of the molecule is Cc1nc(C2(NC(=O)c3cccc(Oc4ccccc4)c3)CCCCC2)no1. The van der Waals surface area contributed by atoms with Gasteiger partial charge in [0, 0.05) is 12.5 Å². The van der Waals surface area contributed by atoms with Crippen molar-refractivity contribution in [1.29, 1.82) is 0 Å². The van der Waals surface area contributed by atoms with Gasteiger partial charge in [0.25, 0.3) is 5.91 Å². The number of hydrogen-bond acceptors (Lipinski definition) is 5. The van der Waals surface area contributed by atoms with Crippen molar-refractivity contribution in [3.63, 3.8) is 0 Å². The van der Waals surface area contributed by atoms with Crippen LogP contribution in [0.1, 0.15) is 54.2 Å². The van der Waals surface area contributed by atoms with Crippen LogP contribution in [0.3, 0.4) is 0 Å². The van der Waals surface area contributed by atoms with Gasteiger partial charge in [-0.1, -0.05) is 48.7 Å². The number of benzene rings is 2. The summed E-state index contributed by atoms with van der Waals surface area (Å²) in [5.41, 5.74) is -0.0396. The monoisotopic (exact) mass is 377 g/mol. The van der Waals surface area contributed by atoms with E-state index in [1.165, 1.54) is 0 Å². The van der Waals surface area contributed by atoms with Gasteiger partial charge in [-0.2, -0.15) is 4.98 Å². The normalized spacial score (nSPS) is 15.8. The first-order chi connectivity index (χ1) is 13.6. The maximum absolute atomic E-state index is 13.1.